The third-order valence-corrected chi connectivity index (χ3v) is 4.25. The summed E-state index contributed by atoms with van der Waals surface area (Å²) in [7, 11) is 0. The molecule has 0 saturated heterocycles. The molecule has 0 aliphatic carbocycles. The Morgan fingerprint density at radius 3 is 1.94 bits per heavy atom. The zero-order valence-electron chi connectivity index (χ0n) is 13.8. The van der Waals surface area contributed by atoms with Gasteiger partial charge in [-0.1, -0.05) is 92.4 Å². The van der Waals surface area contributed by atoms with E-state index in [1.54, 1.807) is 0 Å². The predicted octanol–water partition coefficient (Wildman–Crippen LogP) is 6.84. The number of rotatable bonds is 12. The molecule has 0 saturated carbocycles. The highest BCUT2D eigenvalue weighted by Crippen LogP contribution is 2.24. The van der Waals surface area contributed by atoms with E-state index in [0.29, 0.717) is 0 Å². The van der Waals surface area contributed by atoms with Gasteiger partial charge >= 0.3 is 0 Å². The molecule has 0 aliphatic heterocycles. The van der Waals surface area contributed by atoms with Crippen LogP contribution in [-0.2, 0) is 0 Å². The van der Waals surface area contributed by atoms with Crippen molar-refractivity contribution in [3.8, 4) is 0 Å². The number of hydrogen-bond acceptors (Lipinski definition) is 0. The van der Waals surface area contributed by atoms with Gasteiger partial charge in [-0.25, -0.2) is 0 Å². The van der Waals surface area contributed by atoms with Gasteiger partial charge in [-0.3, -0.25) is 0 Å². The van der Waals surface area contributed by atoms with Crippen LogP contribution in [0.25, 0.3) is 0 Å². The minimum absolute atomic E-state index is 0.874. The summed E-state index contributed by atoms with van der Waals surface area (Å²) in [5, 5.41) is 0. The zero-order valence-corrected chi connectivity index (χ0v) is 13.8. The SMILES string of the molecule is CCCCCCCC(C)CCC(CC)CC(C)C. The second-order valence-corrected chi connectivity index (χ2v) is 6.79. The van der Waals surface area contributed by atoms with E-state index in [0.717, 1.165) is 17.8 Å². The third-order valence-electron chi connectivity index (χ3n) is 4.25. The topological polar surface area (TPSA) is 0 Å². The summed E-state index contributed by atoms with van der Waals surface area (Å²) in [4.78, 5) is 0. The Labute approximate surface area is 117 Å². The molecule has 0 bridgehead atoms. The van der Waals surface area contributed by atoms with Crippen LogP contribution >= 0.6 is 0 Å². The fourth-order valence-corrected chi connectivity index (χ4v) is 2.92. The Kier molecular flexibility index (Phi) is 12.1. The highest BCUT2D eigenvalue weighted by atomic mass is 14.2. The molecule has 0 aromatic rings. The summed E-state index contributed by atoms with van der Waals surface area (Å²) in [6.45, 7) is 11.8. The quantitative estimate of drug-likeness (QED) is 0.335. The van der Waals surface area contributed by atoms with Gasteiger partial charge in [0.2, 0.25) is 0 Å². The highest BCUT2D eigenvalue weighted by Gasteiger charge is 2.11. The van der Waals surface area contributed by atoms with Gasteiger partial charge < -0.3 is 0 Å². The highest BCUT2D eigenvalue weighted by molar-refractivity contribution is 4.63. The molecule has 0 spiro atoms. The lowest BCUT2D eigenvalue weighted by atomic mass is 9.87. The average molecular weight is 255 g/mol. The summed E-state index contributed by atoms with van der Waals surface area (Å²) < 4.78 is 0. The first-order valence-corrected chi connectivity index (χ1v) is 8.60. The molecule has 2 atom stereocenters. The van der Waals surface area contributed by atoms with E-state index >= 15 is 0 Å². The van der Waals surface area contributed by atoms with E-state index in [1.165, 1.54) is 64.2 Å². The van der Waals surface area contributed by atoms with Crippen LogP contribution in [0.1, 0.15) is 98.8 Å². The summed E-state index contributed by atoms with van der Waals surface area (Å²) in [6.07, 6.45) is 14.4. The standard InChI is InChI=1S/C18H38/c1-6-8-9-10-11-12-17(5)13-14-18(7-2)15-16(3)4/h16-18H,6-15H2,1-5H3. The molecule has 110 valence electrons. The number of unbranched alkanes of at least 4 members (excludes halogenated alkanes) is 4. The fraction of sp³-hybridized carbons (Fsp3) is 1.00. The van der Waals surface area contributed by atoms with Crippen LogP contribution in [0, 0.1) is 17.8 Å². The Bertz CT molecular complexity index is 159. The molecule has 0 aromatic carbocycles. The molecule has 0 radical (unpaired) electrons. The first-order valence-electron chi connectivity index (χ1n) is 8.60. The van der Waals surface area contributed by atoms with Gasteiger partial charge in [0.05, 0.1) is 0 Å². The van der Waals surface area contributed by atoms with Gasteiger partial charge in [0.1, 0.15) is 0 Å². The van der Waals surface area contributed by atoms with Gasteiger partial charge in [-0.15, -0.1) is 0 Å². The minimum atomic E-state index is 0.874. The predicted molar refractivity (Wildman–Crippen MR) is 85.0 cm³/mol. The normalized spacial score (nSPS) is 15.0. The summed E-state index contributed by atoms with van der Waals surface area (Å²) in [5.74, 6) is 2.81. The second-order valence-electron chi connectivity index (χ2n) is 6.79. The average Bonchev–Trinajstić information content (AvgIpc) is 2.33. The Balaban J connectivity index is 3.52. The van der Waals surface area contributed by atoms with Crippen LogP contribution in [0.15, 0.2) is 0 Å². The van der Waals surface area contributed by atoms with Crippen molar-refractivity contribution in [2.45, 2.75) is 98.8 Å². The maximum atomic E-state index is 2.46. The fourth-order valence-electron chi connectivity index (χ4n) is 2.92. The van der Waals surface area contributed by atoms with E-state index in [-0.39, 0.29) is 0 Å². The molecule has 0 rings (SSSR count). The summed E-state index contributed by atoms with van der Waals surface area (Å²) in [6, 6.07) is 0. The smallest absolute Gasteiger partial charge is 0.0414 e. The zero-order chi connectivity index (χ0) is 13.8. The van der Waals surface area contributed by atoms with Crippen molar-refractivity contribution >= 4 is 0 Å². The summed E-state index contributed by atoms with van der Waals surface area (Å²) in [5.41, 5.74) is 0. The van der Waals surface area contributed by atoms with Crippen LogP contribution in [0.5, 0.6) is 0 Å². The van der Waals surface area contributed by atoms with Crippen LogP contribution in [0.2, 0.25) is 0 Å². The molecule has 0 heterocycles. The monoisotopic (exact) mass is 254 g/mol. The van der Waals surface area contributed by atoms with Gasteiger partial charge in [0, 0.05) is 0 Å². The van der Waals surface area contributed by atoms with Crippen molar-refractivity contribution in [2.24, 2.45) is 17.8 Å². The Morgan fingerprint density at radius 1 is 0.722 bits per heavy atom. The molecule has 18 heavy (non-hydrogen) atoms. The lowest BCUT2D eigenvalue weighted by Gasteiger charge is -2.19. The van der Waals surface area contributed by atoms with Crippen molar-refractivity contribution in [1.82, 2.24) is 0 Å². The molecule has 0 nitrogen and oxygen atoms in total. The Hall–Kier alpha value is 0. The molecule has 0 aliphatic rings. The largest absolute Gasteiger partial charge is 0.0654 e. The van der Waals surface area contributed by atoms with Crippen molar-refractivity contribution in [3.63, 3.8) is 0 Å². The molecule has 0 amide bonds. The molecule has 0 fully saturated rings. The van der Waals surface area contributed by atoms with E-state index in [9.17, 15) is 0 Å². The van der Waals surface area contributed by atoms with Gasteiger partial charge in [0.25, 0.3) is 0 Å². The number of hydrogen-bond donors (Lipinski definition) is 0. The maximum absolute atomic E-state index is 2.46. The maximum Gasteiger partial charge on any atom is -0.0414 e. The lowest BCUT2D eigenvalue weighted by molar-refractivity contribution is 0.331. The first-order chi connectivity index (χ1) is 8.60. The van der Waals surface area contributed by atoms with E-state index < -0.39 is 0 Å². The van der Waals surface area contributed by atoms with Crippen LogP contribution in [0.4, 0.5) is 0 Å². The van der Waals surface area contributed by atoms with Crippen molar-refractivity contribution in [3.05, 3.63) is 0 Å². The van der Waals surface area contributed by atoms with Crippen LogP contribution < -0.4 is 0 Å². The van der Waals surface area contributed by atoms with Crippen LogP contribution in [-0.4, -0.2) is 0 Å². The molecule has 2 unspecified atom stereocenters. The third kappa shape index (κ3) is 11.1. The molecular weight excluding hydrogens is 216 g/mol. The van der Waals surface area contributed by atoms with E-state index in [2.05, 4.69) is 34.6 Å². The second kappa shape index (κ2) is 12.1. The first kappa shape index (κ1) is 18.0. The van der Waals surface area contributed by atoms with Gasteiger partial charge in [-0.05, 0) is 24.2 Å². The molecular formula is C18H38. The van der Waals surface area contributed by atoms with Crippen molar-refractivity contribution in [2.75, 3.05) is 0 Å². The van der Waals surface area contributed by atoms with E-state index in [4.69, 9.17) is 0 Å². The summed E-state index contributed by atoms with van der Waals surface area (Å²) >= 11 is 0. The minimum Gasteiger partial charge on any atom is -0.0654 e. The van der Waals surface area contributed by atoms with Crippen molar-refractivity contribution < 1.29 is 0 Å². The Morgan fingerprint density at radius 2 is 1.39 bits per heavy atom. The van der Waals surface area contributed by atoms with E-state index in [1.807, 2.05) is 0 Å². The van der Waals surface area contributed by atoms with Crippen molar-refractivity contribution in [1.29, 1.82) is 0 Å². The molecule has 0 aromatic heterocycles. The van der Waals surface area contributed by atoms with Gasteiger partial charge in [-0.2, -0.15) is 0 Å². The lowest BCUT2D eigenvalue weighted by Crippen LogP contribution is -2.06. The molecule has 0 heteroatoms. The molecule has 0 N–H and O–H groups in total. The van der Waals surface area contributed by atoms with Gasteiger partial charge in [0.15, 0.2) is 0 Å². The van der Waals surface area contributed by atoms with Crippen LogP contribution in [0.3, 0.4) is 0 Å².